The first-order chi connectivity index (χ1) is 12.0. The van der Waals surface area contributed by atoms with Crippen LogP contribution in [0.4, 0.5) is 10.8 Å². The van der Waals surface area contributed by atoms with Crippen LogP contribution in [0.3, 0.4) is 0 Å². The number of aromatic nitrogens is 2. The summed E-state index contributed by atoms with van der Waals surface area (Å²) in [7, 11) is 0. The fraction of sp³-hybridized carbons (Fsp3) is 0.471. The highest BCUT2D eigenvalue weighted by atomic mass is 35.5. The molecule has 0 unspecified atom stereocenters. The Bertz CT molecular complexity index is 742. The Balaban J connectivity index is 1.50. The number of anilines is 2. The predicted octanol–water partition coefficient (Wildman–Crippen LogP) is 2.82. The third-order valence-electron chi connectivity index (χ3n) is 4.27. The molecule has 1 saturated heterocycles. The van der Waals surface area contributed by atoms with E-state index in [4.69, 9.17) is 11.6 Å². The second-order valence-electron chi connectivity index (χ2n) is 6.10. The second kappa shape index (κ2) is 8.12. The highest BCUT2D eigenvalue weighted by molar-refractivity contribution is 7.15. The Morgan fingerprint density at radius 1 is 1.28 bits per heavy atom. The summed E-state index contributed by atoms with van der Waals surface area (Å²) in [6.07, 6.45) is 0.832. The van der Waals surface area contributed by atoms with Crippen LogP contribution in [-0.4, -0.2) is 53.7 Å². The number of aryl methyl sites for hydroxylation is 2. The number of hydrogen-bond donors (Lipinski definition) is 1. The summed E-state index contributed by atoms with van der Waals surface area (Å²) in [6.45, 7) is 7.95. The summed E-state index contributed by atoms with van der Waals surface area (Å²) in [5, 5.41) is 13.1. The van der Waals surface area contributed by atoms with Crippen LogP contribution in [0.2, 0.25) is 5.02 Å². The van der Waals surface area contributed by atoms with E-state index in [9.17, 15) is 4.79 Å². The lowest BCUT2D eigenvalue weighted by Gasteiger charge is -2.36. The zero-order valence-corrected chi connectivity index (χ0v) is 16.0. The number of nitrogens with zero attached hydrogens (tertiary/aromatic N) is 4. The molecule has 1 fully saturated rings. The SMILES string of the molecule is CCc1nnc(NC(=O)CN2CCN(c3cc(Cl)ccc3C)CC2)s1. The van der Waals surface area contributed by atoms with Gasteiger partial charge in [-0.15, -0.1) is 10.2 Å². The summed E-state index contributed by atoms with van der Waals surface area (Å²) in [5.41, 5.74) is 2.40. The maximum atomic E-state index is 12.2. The lowest BCUT2D eigenvalue weighted by Crippen LogP contribution is -2.48. The Labute approximate surface area is 156 Å². The smallest absolute Gasteiger partial charge is 0.240 e. The summed E-state index contributed by atoms with van der Waals surface area (Å²) in [4.78, 5) is 16.7. The van der Waals surface area contributed by atoms with E-state index in [-0.39, 0.29) is 5.91 Å². The van der Waals surface area contributed by atoms with Gasteiger partial charge in [-0.1, -0.05) is 35.9 Å². The molecular formula is C17H22ClN5OS. The van der Waals surface area contributed by atoms with Crippen molar-refractivity contribution in [3.63, 3.8) is 0 Å². The van der Waals surface area contributed by atoms with Crippen molar-refractivity contribution in [3.05, 3.63) is 33.8 Å². The third-order valence-corrected chi connectivity index (χ3v) is 5.49. The zero-order chi connectivity index (χ0) is 17.8. The molecule has 1 aromatic heterocycles. The van der Waals surface area contributed by atoms with E-state index in [1.807, 2.05) is 25.1 Å². The molecule has 8 heteroatoms. The number of hydrogen-bond acceptors (Lipinski definition) is 6. The lowest BCUT2D eigenvalue weighted by molar-refractivity contribution is -0.117. The molecule has 3 rings (SSSR count). The Morgan fingerprint density at radius 3 is 2.72 bits per heavy atom. The average molecular weight is 380 g/mol. The van der Waals surface area contributed by atoms with Crippen LogP contribution < -0.4 is 10.2 Å². The normalized spacial score (nSPS) is 15.4. The summed E-state index contributed by atoms with van der Waals surface area (Å²) < 4.78 is 0. The summed E-state index contributed by atoms with van der Waals surface area (Å²) in [5.74, 6) is -0.0359. The standard InChI is InChI=1S/C17H22ClN5OS/c1-3-16-20-21-17(25-16)19-15(24)11-22-6-8-23(9-7-22)14-10-13(18)5-4-12(14)2/h4-5,10H,3,6-9,11H2,1-2H3,(H,19,21,24). The minimum absolute atomic E-state index is 0.0359. The number of carbonyl (C=O) groups excluding carboxylic acids is 1. The molecule has 1 aromatic carbocycles. The van der Waals surface area contributed by atoms with E-state index in [1.54, 1.807) is 0 Å². The van der Waals surface area contributed by atoms with Crippen LogP contribution in [0.15, 0.2) is 18.2 Å². The van der Waals surface area contributed by atoms with Crippen LogP contribution in [0, 0.1) is 6.92 Å². The van der Waals surface area contributed by atoms with Crippen molar-refractivity contribution in [2.45, 2.75) is 20.3 Å². The first-order valence-electron chi connectivity index (χ1n) is 8.41. The largest absolute Gasteiger partial charge is 0.369 e. The molecule has 1 aliphatic heterocycles. The maximum Gasteiger partial charge on any atom is 0.240 e. The zero-order valence-electron chi connectivity index (χ0n) is 14.5. The molecule has 0 atom stereocenters. The molecule has 1 N–H and O–H groups in total. The van der Waals surface area contributed by atoms with E-state index in [1.165, 1.54) is 22.6 Å². The molecule has 134 valence electrons. The minimum Gasteiger partial charge on any atom is -0.369 e. The van der Waals surface area contributed by atoms with E-state index in [0.717, 1.165) is 42.6 Å². The van der Waals surface area contributed by atoms with E-state index in [0.29, 0.717) is 11.7 Å². The lowest BCUT2D eigenvalue weighted by atomic mass is 10.1. The Kier molecular flexibility index (Phi) is 5.88. The molecule has 2 aromatic rings. The monoisotopic (exact) mass is 379 g/mol. The van der Waals surface area contributed by atoms with E-state index < -0.39 is 0 Å². The molecule has 2 heterocycles. The number of nitrogens with one attached hydrogen (secondary N) is 1. The summed E-state index contributed by atoms with van der Waals surface area (Å²) in [6, 6.07) is 5.97. The Morgan fingerprint density at radius 2 is 2.04 bits per heavy atom. The number of amides is 1. The molecule has 0 spiro atoms. The van der Waals surface area contributed by atoms with Gasteiger partial charge in [-0.25, -0.2) is 0 Å². The van der Waals surface area contributed by atoms with Gasteiger partial charge in [-0.05, 0) is 31.0 Å². The molecule has 0 bridgehead atoms. The topological polar surface area (TPSA) is 61.4 Å². The molecule has 0 aliphatic carbocycles. The van der Waals surface area contributed by atoms with Crippen LogP contribution >= 0.6 is 22.9 Å². The van der Waals surface area contributed by atoms with Gasteiger partial charge in [0.15, 0.2) is 0 Å². The van der Waals surface area contributed by atoms with Gasteiger partial charge < -0.3 is 4.90 Å². The molecule has 0 radical (unpaired) electrons. The molecule has 25 heavy (non-hydrogen) atoms. The molecule has 6 nitrogen and oxygen atoms in total. The van der Waals surface area contributed by atoms with E-state index >= 15 is 0 Å². The quantitative estimate of drug-likeness (QED) is 0.865. The van der Waals surface area contributed by atoms with Crippen LogP contribution in [0.1, 0.15) is 17.5 Å². The van der Waals surface area contributed by atoms with Crippen molar-refractivity contribution in [1.82, 2.24) is 15.1 Å². The highest BCUT2D eigenvalue weighted by Gasteiger charge is 2.20. The maximum absolute atomic E-state index is 12.2. The van der Waals surface area contributed by atoms with Crippen molar-refractivity contribution in [2.75, 3.05) is 42.9 Å². The fourth-order valence-electron chi connectivity index (χ4n) is 2.88. The number of carbonyl (C=O) groups is 1. The summed E-state index contributed by atoms with van der Waals surface area (Å²) >= 11 is 7.55. The van der Waals surface area contributed by atoms with Crippen molar-refractivity contribution < 1.29 is 4.79 Å². The van der Waals surface area contributed by atoms with Crippen molar-refractivity contribution in [2.24, 2.45) is 0 Å². The molecule has 1 aliphatic rings. The van der Waals surface area contributed by atoms with Gasteiger partial charge in [0.1, 0.15) is 5.01 Å². The molecular weight excluding hydrogens is 358 g/mol. The first-order valence-corrected chi connectivity index (χ1v) is 9.60. The predicted molar refractivity (Wildman–Crippen MR) is 103 cm³/mol. The van der Waals surface area contributed by atoms with Crippen LogP contribution in [0.25, 0.3) is 0 Å². The van der Waals surface area contributed by atoms with Crippen molar-refractivity contribution in [1.29, 1.82) is 0 Å². The number of piperazine rings is 1. The van der Waals surface area contributed by atoms with Crippen LogP contribution in [0.5, 0.6) is 0 Å². The van der Waals surface area contributed by atoms with E-state index in [2.05, 4.69) is 32.2 Å². The third kappa shape index (κ3) is 4.68. The second-order valence-corrected chi connectivity index (χ2v) is 7.60. The van der Waals surface area contributed by atoms with Gasteiger partial charge in [0.25, 0.3) is 0 Å². The van der Waals surface area contributed by atoms with Crippen molar-refractivity contribution in [3.8, 4) is 0 Å². The van der Waals surface area contributed by atoms with Gasteiger partial charge in [0.05, 0.1) is 6.54 Å². The fourth-order valence-corrected chi connectivity index (χ4v) is 3.74. The van der Waals surface area contributed by atoms with Gasteiger partial charge in [0, 0.05) is 36.9 Å². The van der Waals surface area contributed by atoms with Crippen LogP contribution in [-0.2, 0) is 11.2 Å². The Hall–Kier alpha value is -1.70. The van der Waals surface area contributed by atoms with Gasteiger partial charge in [0.2, 0.25) is 11.0 Å². The minimum atomic E-state index is -0.0359. The molecule has 0 saturated carbocycles. The number of benzene rings is 1. The number of rotatable bonds is 5. The van der Waals surface area contributed by atoms with Crippen molar-refractivity contribution >= 4 is 39.7 Å². The number of halogens is 1. The van der Waals surface area contributed by atoms with Gasteiger partial charge in [-0.2, -0.15) is 0 Å². The van der Waals surface area contributed by atoms with Gasteiger partial charge in [-0.3, -0.25) is 15.0 Å². The van der Waals surface area contributed by atoms with Gasteiger partial charge >= 0.3 is 0 Å². The molecule has 1 amide bonds. The first kappa shape index (κ1) is 18.1. The average Bonchev–Trinajstić information content (AvgIpc) is 3.05. The highest BCUT2D eigenvalue weighted by Crippen LogP contribution is 2.25.